The van der Waals surface area contributed by atoms with Gasteiger partial charge >= 0.3 is 5.91 Å². The molecule has 1 N–H and O–H groups in total. The van der Waals surface area contributed by atoms with E-state index in [0.29, 0.717) is 4.73 Å². The monoisotopic (exact) mass is 371 g/mol. The fourth-order valence-electron chi connectivity index (χ4n) is 1.87. The molecule has 1 amide bonds. The van der Waals surface area contributed by atoms with Gasteiger partial charge in [0, 0.05) is 12.4 Å². The number of nitrogens with zero attached hydrogens (tertiary/aromatic N) is 2. The highest BCUT2D eigenvalue weighted by Gasteiger charge is 2.23. The predicted molar refractivity (Wildman–Crippen MR) is 89.9 cm³/mol. The van der Waals surface area contributed by atoms with Crippen LogP contribution >= 0.6 is 23.2 Å². The lowest BCUT2D eigenvalue weighted by atomic mass is 10.3. The fourth-order valence-corrected chi connectivity index (χ4v) is 2.33. The molecule has 0 saturated carbocycles. The third-order valence-electron chi connectivity index (χ3n) is 2.89. The second-order valence-electron chi connectivity index (χ2n) is 5.02. The van der Waals surface area contributed by atoms with Crippen molar-refractivity contribution in [1.82, 2.24) is 4.98 Å². The largest absolute Gasteiger partial charge is 0.618 e. The summed E-state index contributed by atoms with van der Waals surface area (Å²) < 4.78 is 11.0. The molecule has 0 aliphatic rings. The van der Waals surface area contributed by atoms with E-state index in [9.17, 15) is 10.0 Å². The third-order valence-corrected chi connectivity index (χ3v) is 3.46. The molecule has 0 aliphatic heterocycles. The van der Waals surface area contributed by atoms with Crippen LogP contribution in [0.4, 0.5) is 5.69 Å². The summed E-state index contributed by atoms with van der Waals surface area (Å²) in [6, 6.07) is 1.30. The molecule has 7 nitrogen and oxygen atoms in total. The molecule has 0 bridgehead atoms. The molecule has 0 aliphatic carbocycles. The molecule has 0 fully saturated rings. The molecule has 2 heterocycles. The van der Waals surface area contributed by atoms with Gasteiger partial charge in [0.05, 0.1) is 35.0 Å². The van der Waals surface area contributed by atoms with Gasteiger partial charge in [-0.1, -0.05) is 23.2 Å². The van der Waals surface area contributed by atoms with E-state index < -0.39 is 5.91 Å². The number of carbonyl (C=O) groups excluding carboxylic acids is 1. The Kier molecular flexibility index (Phi) is 5.69. The zero-order valence-electron chi connectivity index (χ0n) is 13.2. The number of pyridine rings is 2. The van der Waals surface area contributed by atoms with Crippen molar-refractivity contribution >= 4 is 34.8 Å². The van der Waals surface area contributed by atoms with Gasteiger partial charge in [-0.25, -0.2) is 0 Å². The van der Waals surface area contributed by atoms with Crippen LogP contribution < -0.4 is 19.5 Å². The predicted octanol–water partition coefficient (Wildman–Crippen LogP) is 3.07. The van der Waals surface area contributed by atoms with Gasteiger partial charge in [-0.05, 0) is 13.8 Å². The lowest BCUT2D eigenvalue weighted by molar-refractivity contribution is -0.608. The van der Waals surface area contributed by atoms with Crippen LogP contribution in [0, 0.1) is 5.21 Å². The summed E-state index contributed by atoms with van der Waals surface area (Å²) in [7, 11) is 1.40. The summed E-state index contributed by atoms with van der Waals surface area (Å²) in [4.78, 5) is 16.2. The number of halogens is 2. The van der Waals surface area contributed by atoms with Gasteiger partial charge in [0.1, 0.15) is 0 Å². The van der Waals surface area contributed by atoms with Gasteiger partial charge in [-0.2, -0.15) is 4.73 Å². The number of methoxy groups -OCH3 is 1. The second kappa shape index (κ2) is 7.55. The average molecular weight is 372 g/mol. The Hall–Kier alpha value is -2.25. The number of carbonyl (C=O) groups is 1. The maximum absolute atomic E-state index is 12.4. The Morgan fingerprint density at radius 1 is 1.29 bits per heavy atom. The summed E-state index contributed by atoms with van der Waals surface area (Å²) in [5.74, 6) is -0.205. The highest BCUT2D eigenvalue weighted by atomic mass is 35.5. The van der Waals surface area contributed by atoms with Crippen LogP contribution in [0.25, 0.3) is 0 Å². The first-order valence-electron chi connectivity index (χ1n) is 6.91. The molecule has 128 valence electrons. The molecule has 0 radical (unpaired) electrons. The number of hydrogen-bond donors (Lipinski definition) is 1. The smallest absolute Gasteiger partial charge is 0.322 e. The molecule has 0 unspecified atom stereocenters. The number of amides is 1. The summed E-state index contributed by atoms with van der Waals surface area (Å²) in [6.45, 7) is 3.63. The maximum atomic E-state index is 12.4. The fraction of sp³-hybridized carbons (Fsp3) is 0.267. The Balaban J connectivity index is 2.38. The van der Waals surface area contributed by atoms with Crippen LogP contribution in [-0.2, 0) is 0 Å². The van der Waals surface area contributed by atoms with Crippen molar-refractivity contribution in [3.63, 3.8) is 0 Å². The van der Waals surface area contributed by atoms with Gasteiger partial charge in [-0.15, -0.1) is 0 Å². The first-order valence-corrected chi connectivity index (χ1v) is 7.67. The van der Waals surface area contributed by atoms with Crippen LogP contribution in [0.2, 0.25) is 10.0 Å². The Bertz CT molecular complexity index is 748. The van der Waals surface area contributed by atoms with Crippen LogP contribution in [0.1, 0.15) is 24.3 Å². The lowest BCUT2D eigenvalue weighted by Gasteiger charge is -2.14. The van der Waals surface area contributed by atoms with Crippen molar-refractivity contribution in [2.45, 2.75) is 20.0 Å². The summed E-state index contributed by atoms with van der Waals surface area (Å²) in [5.41, 5.74) is -0.0316. The second-order valence-corrected chi connectivity index (χ2v) is 5.83. The highest BCUT2D eigenvalue weighted by molar-refractivity contribution is 6.39. The number of nitrogens with one attached hydrogen (secondary N) is 1. The Labute approximate surface area is 148 Å². The van der Waals surface area contributed by atoms with Crippen molar-refractivity contribution in [2.24, 2.45) is 0 Å². The number of ether oxygens (including phenoxy) is 2. The Morgan fingerprint density at radius 3 is 2.46 bits per heavy atom. The number of anilines is 1. The molecular formula is C15H15Cl2N3O4. The summed E-state index contributed by atoms with van der Waals surface area (Å²) in [5, 5.41) is 14.9. The van der Waals surface area contributed by atoms with E-state index in [4.69, 9.17) is 32.7 Å². The number of hydrogen-bond acceptors (Lipinski definition) is 5. The topological polar surface area (TPSA) is 87.4 Å². The van der Waals surface area contributed by atoms with Crippen LogP contribution in [0.15, 0.2) is 24.7 Å². The average Bonchev–Trinajstić information content (AvgIpc) is 2.51. The third kappa shape index (κ3) is 3.98. The SMILES string of the molecule is COc1c[n+]([O-])c(C(=O)Nc2c(Cl)cncc2Cl)cc1OC(C)C. The standard InChI is InChI=1S/C15H15Cl2N3O4/c1-8(2)24-12-4-11(20(22)7-13(12)23-3)15(21)19-14-9(16)5-18-6-10(14)17/h4-8H,1-3H3,(H,18,19,21). The minimum atomic E-state index is -0.698. The van der Waals surface area contributed by atoms with Crippen molar-refractivity contribution in [1.29, 1.82) is 0 Å². The first kappa shape index (κ1) is 18.1. The molecule has 24 heavy (non-hydrogen) atoms. The normalized spacial score (nSPS) is 10.6. The molecular weight excluding hydrogens is 357 g/mol. The molecule has 2 rings (SSSR count). The van der Waals surface area contributed by atoms with E-state index in [1.807, 2.05) is 13.8 Å². The molecule has 9 heteroatoms. The van der Waals surface area contributed by atoms with Gasteiger partial charge < -0.3 is 20.0 Å². The van der Waals surface area contributed by atoms with E-state index >= 15 is 0 Å². The first-order chi connectivity index (χ1) is 11.3. The van der Waals surface area contributed by atoms with Crippen molar-refractivity contribution in [3.8, 4) is 11.5 Å². The zero-order valence-corrected chi connectivity index (χ0v) is 14.7. The van der Waals surface area contributed by atoms with Gasteiger partial charge in [-0.3, -0.25) is 9.78 Å². The number of rotatable bonds is 5. The minimum Gasteiger partial charge on any atom is -0.618 e. The molecule has 2 aromatic rings. The minimum absolute atomic E-state index is 0.153. The van der Waals surface area contributed by atoms with Gasteiger partial charge in [0.2, 0.25) is 11.9 Å². The molecule has 0 atom stereocenters. The van der Waals surface area contributed by atoms with Crippen LogP contribution in [0.3, 0.4) is 0 Å². The van der Waals surface area contributed by atoms with E-state index in [1.54, 1.807) is 0 Å². The number of aromatic nitrogens is 2. The molecule has 0 aromatic carbocycles. The maximum Gasteiger partial charge on any atom is 0.322 e. The van der Waals surface area contributed by atoms with Gasteiger partial charge in [0.25, 0.3) is 5.69 Å². The highest BCUT2D eigenvalue weighted by Crippen LogP contribution is 2.30. The molecule has 2 aromatic heterocycles. The van der Waals surface area contributed by atoms with E-state index in [1.165, 1.54) is 25.6 Å². The van der Waals surface area contributed by atoms with E-state index in [0.717, 1.165) is 6.20 Å². The Morgan fingerprint density at radius 2 is 1.92 bits per heavy atom. The van der Waals surface area contributed by atoms with E-state index in [-0.39, 0.29) is 39.0 Å². The van der Waals surface area contributed by atoms with E-state index in [2.05, 4.69) is 10.3 Å². The van der Waals surface area contributed by atoms with Crippen molar-refractivity contribution in [2.75, 3.05) is 12.4 Å². The molecule has 0 saturated heterocycles. The summed E-state index contributed by atoms with van der Waals surface area (Å²) in [6.07, 6.45) is 3.61. The quantitative estimate of drug-likeness (QED) is 0.644. The van der Waals surface area contributed by atoms with Crippen LogP contribution in [-0.4, -0.2) is 24.1 Å². The van der Waals surface area contributed by atoms with Crippen molar-refractivity contribution < 1.29 is 19.0 Å². The van der Waals surface area contributed by atoms with Crippen molar-refractivity contribution in [3.05, 3.63) is 45.6 Å². The summed E-state index contributed by atoms with van der Waals surface area (Å²) >= 11 is 11.9. The lowest BCUT2D eigenvalue weighted by Crippen LogP contribution is -2.37. The zero-order chi connectivity index (χ0) is 17.9. The molecule has 0 spiro atoms. The van der Waals surface area contributed by atoms with Crippen LogP contribution in [0.5, 0.6) is 11.5 Å². The van der Waals surface area contributed by atoms with Gasteiger partial charge in [0.15, 0.2) is 5.75 Å².